The molecule has 0 aliphatic heterocycles. The van der Waals surface area contributed by atoms with E-state index in [9.17, 15) is 14.4 Å². The van der Waals surface area contributed by atoms with Crippen molar-refractivity contribution in [3.63, 3.8) is 0 Å². The van der Waals surface area contributed by atoms with E-state index in [0.717, 1.165) is 75.0 Å². The molecule has 9 heteroatoms. The lowest BCUT2D eigenvalue weighted by molar-refractivity contribution is 0.102. The van der Waals surface area contributed by atoms with Gasteiger partial charge in [-0.25, -0.2) is 0 Å². The number of anilines is 3. The van der Waals surface area contributed by atoms with Gasteiger partial charge in [-0.3, -0.25) is 14.4 Å². The molecule has 0 fully saturated rings. The van der Waals surface area contributed by atoms with Crippen LogP contribution in [0.4, 0.5) is 17.1 Å². The Morgan fingerprint density at radius 2 is 0.667 bits per heavy atom. The van der Waals surface area contributed by atoms with Crippen LogP contribution in [0.3, 0.4) is 0 Å². The first-order valence-electron chi connectivity index (χ1n) is 22.5. The molecule has 0 saturated carbocycles. The molecule has 9 nitrogen and oxygen atoms in total. The van der Waals surface area contributed by atoms with Crippen molar-refractivity contribution in [3.05, 3.63) is 108 Å². The molecule has 3 N–H and O–H groups in total. The molecular formula is C51H69N3O6. The van der Waals surface area contributed by atoms with Crippen LogP contribution in [0.2, 0.25) is 0 Å². The third-order valence-corrected chi connectivity index (χ3v) is 11.1. The number of rotatable bonds is 27. The molecule has 0 bridgehead atoms. The average Bonchev–Trinajstić information content (AvgIpc) is 3.28. The van der Waals surface area contributed by atoms with E-state index in [1.807, 2.05) is 36.4 Å². The number of carbonyl (C=O) groups excluding carboxylic acids is 3. The Labute approximate surface area is 359 Å². The molecule has 0 saturated heterocycles. The van der Waals surface area contributed by atoms with E-state index in [-0.39, 0.29) is 16.7 Å². The van der Waals surface area contributed by atoms with Crippen molar-refractivity contribution in [3.8, 4) is 17.2 Å². The molecule has 3 amide bonds. The van der Waals surface area contributed by atoms with Crippen LogP contribution in [0.5, 0.6) is 17.2 Å². The number of ether oxygens (including phenoxy) is 3. The van der Waals surface area contributed by atoms with Crippen LogP contribution in [-0.4, -0.2) is 37.5 Å². The van der Waals surface area contributed by atoms with Crippen LogP contribution in [-0.2, 0) is 0 Å². The minimum Gasteiger partial charge on any atom is -0.493 e. The van der Waals surface area contributed by atoms with Crippen LogP contribution < -0.4 is 30.2 Å². The number of hydrogen-bond acceptors (Lipinski definition) is 6. The van der Waals surface area contributed by atoms with Gasteiger partial charge >= 0.3 is 0 Å². The van der Waals surface area contributed by atoms with Gasteiger partial charge in [-0.15, -0.1) is 0 Å². The first-order valence-corrected chi connectivity index (χ1v) is 22.5. The molecule has 4 aromatic rings. The van der Waals surface area contributed by atoms with Crippen molar-refractivity contribution in [2.75, 3.05) is 35.8 Å². The summed E-state index contributed by atoms with van der Waals surface area (Å²) in [6, 6.07) is 26.2. The normalized spacial score (nSPS) is 12.5. The number of carbonyl (C=O) groups is 3. The van der Waals surface area contributed by atoms with Crippen LogP contribution in [0, 0.1) is 17.8 Å². The minimum absolute atomic E-state index is 0.157. The van der Waals surface area contributed by atoms with Crippen molar-refractivity contribution >= 4 is 34.8 Å². The van der Waals surface area contributed by atoms with Crippen molar-refractivity contribution in [2.24, 2.45) is 17.8 Å². The van der Waals surface area contributed by atoms with Crippen molar-refractivity contribution in [1.29, 1.82) is 0 Å². The third kappa shape index (κ3) is 16.0. The molecule has 4 aromatic carbocycles. The molecule has 0 heterocycles. The lowest BCUT2D eigenvalue weighted by atomic mass is 10.0. The highest BCUT2D eigenvalue weighted by Gasteiger charge is 2.18. The Balaban J connectivity index is 1.49. The lowest BCUT2D eigenvalue weighted by Crippen LogP contribution is -2.19. The highest BCUT2D eigenvalue weighted by Crippen LogP contribution is 2.24. The zero-order valence-corrected chi connectivity index (χ0v) is 36.9. The molecule has 0 aliphatic carbocycles. The van der Waals surface area contributed by atoms with Gasteiger partial charge in [0.25, 0.3) is 17.7 Å². The lowest BCUT2D eigenvalue weighted by Gasteiger charge is -2.16. The molecule has 324 valence electrons. The summed E-state index contributed by atoms with van der Waals surface area (Å²) in [6.07, 6.45) is 13.6. The molecule has 0 spiro atoms. The summed E-state index contributed by atoms with van der Waals surface area (Å²) in [5.74, 6) is 2.30. The summed E-state index contributed by atoms with van der Waals surface area (Å²) in [6.45, 7) is 15.1. The van der Waals surface area contributed by atoms with Gasteiger partial charge in [0.05, 0.1) is 19.8 Å². The Morgan fingerprint density at radius 3 is 0.883 bits per heavy atom. The second-order valence-corrected chi connectivity index (χ2v) is 15.9. The molecule has 0 aliphatic rings. The molecular weight excluding hydrogens is 751 g/mol. The number of unbranched alkanes of at least 4 members (excludes halogenated alkanes) is 3. The summed E-state index contributed by atoms with van der Waals surface area (Å²) < 4.78 is 18.2. The van der Waals surface area contributed by atoms with E-state index in [1.54, 1.807) is 36.4 Å². The Kier molecular flexibility index (Phi) is 20.5. The Hall–Kier alpha value is -5.31. The van der Waals surface area contributed by atoms with E-state index >= 15 is 0 Å². The van der Waals surface area contributed by atoms with Crippen molar-refractivity contribution in [1.82, 2.24) is 0 Å². The fraction of sp³-hybridized carbons (Fsp3) is 0.471. The van der Waals surface area contributed by atoms with Gasteiger partial charge in [0, 0.05) is 33.8 Å². The molecule has 3 atom stereocenters. The van der Waals surface area contributed by atoms with E-state index < -0.39 is 17.7 Å². The summed E-state index contributed by atoms with van der Waals surface area (Å²) in [5, 5.41) is 8.75. The second kappa shape index (κ2) is 26.0. The van der Waals surface area contributed by atoms with E-state index in [4.69, 9.17) is 14.2 Å². The summed E-state index contributed by atoms with van der Waals surface area (Å²) >= 11 is 0. The summed E-state index contributed by atoms with van der Waals surface area (Å²) in [5.41, 5.74) is 2.14. The summed E-state index contributed by atoms with van der Waals surface area (Å²) in [4.78, 5) is 41.2. The van der Waals surface area contributed by atoms with Crippen LogP contribution in [0.25, 0.3) is 0 Å². The zero-order valence-electron chi connectivity index (χ0n) is 36.9. The van der Waals surface area contributed by atoms with Gasteiger partial charge in [-0.05, 0) is 128 Å². The maximum Gasteiger partial charge on any atom is 0.255 e. The van der Waals surface area contributed by atoms with Gasteiger partial charge in [0.15, 0.2) is 0 Å². The maximum absolute atomic E-state index is 13.7. The number of hydrogen-bond donors (Lipinski definition) is 3. The number of nitrogens with one attached hydrogen (secondary N) is 3. The van der Waals surface area contributed by atoms with E-state index in [0.29, 0.717) is 54.6 Å². The second-order valence-electron chi connectivity index (χ2n) is 15.9. The van der Waals surface area contributed by atoms with Gasteiger partial charge < -0.3 is 30.2 Å². The van der Waals surface area contributed by atoms with Crippen molar-refractivity contribution < 1.29 is 28.6 Å². The van der Waals surface area contributed by atoms with Gasteiger partial charge in [0.2, 0.25) is 0 Å². The smallest absolute Gasteiger partial charge is 0.255 e. The van der Waals surface area contributed by atoms with E-state index in [2.05, 4.69) is 57.5 Å². The highest BCUT2D eigenvalue weighted by molar-refractivity contribution is 6.13. The largest absolute Gasteiger partial charge is 0.493 e. The quantitative estimate of drug-likeness (QED) is 0.0552. The third-order valence-electron chi connectivity index (χ3n) is 11.1. The average molecular weight is 820 g/mol. The molecule has 0 aromatic heterocycles. The van der Waals surface area contributed by atoms with Gasteiger partial charge in [-0.2, -0.15) is 0 Å². The molecule has 3 unspecified atom stereocenters. The topological polar surface area (TPSA) is 115 Å². The fourth-order valence-corrected chi connectivity index (χ4v) is 6.87. The molecule has 4 rings (SSSR count). The summed E-state index contributed by atoms with van der Waals surface area (Å²) in [7, 11) is 0. The maximum atomic E-state index is 13.7. The Morgan fingerprint density at radius 1 is 0.417 bits per heavy atom. The highest BCUT2D eigenvalue weighted by atomic mass is 16.5. The fourth-order valence-electron chi connectivity index (χ4n) is 6.87. The standard InChI is InChI=1S/C51H69N3O6/c1-7-13-16-37(10-4)34-58-46-25-19-43(20-26-46)52-49(55)40-31-41(50(56)53-44-21-27-47(28-22-44)59-35-38(11-5)17-14-8-2)33-42(32-40)51(57)54-45-23-29-48(30-24-45)60-36-39(12-6)18-15-9-3/h19-33,37-39H,7-18,34-36H2,1-6H3,(H,52,55)(H,53,56)(H,54,57). The first kappa shape index (κ1) is 47.4. The van der Waals surface area contributed by atoms with Crippen LogP contribution in [0.1, 0.15) is 150 Å². The van der Waals surface area contributed by atoms with Gasteiger partial charge in [0.1, 0.15) is 17.2 Å². The minimum atomic E-state index is -0.463. The Bertz CT molecular complexity index is 1650. The number of amides is 3. The predicted octanol–water partition coefficient (Wildman–Crippen LogP) is 13.2. The van der Waals surface area contributed by atoms with E-state index in [1.165, 1.54) is 37.5 Å². The van der Waals surface area contributed by atoms with Crippen molar-refractivity contribution in [2.45, 2.75) is 119 Å². The van der Waals surface area contributed by atoms with Gasteiger partial charge in [-0.1, -0.05) is 99.3 Å². The first-order chi connectivity index (χ1) is 29.2. The molecule has 60 heavy (non-hydrogen) atoms. The van der Waals surface area contributed by atoms with Crippen LogP contribution in [0.15, 0.2) is 91.0 Å². The SMILES string of the molecule is CCCCC(CC)COc1ccc(NC(=O)c2cc(C(=O)Nc3ccc(OCC(CC)CCCC)cc3)cc(C(=O)Nc3ccc(OCC(CC)CCCC)cc3)c2)cc1. The molecule has 0 radical (unpaired) electrons. The van der Waals surface area contributed by atoms with Crippen LogP contribution >= 0.6 is 0 Å². The monoisotopic (exact) mass is 820 g/mol. The zero-order chi connectivity index (χ0) is 43.1. The number of benzene rings is 4. The predicted molar refractivity (Wildman–Crippen MR) is 246 cm³/mol.